The summed E-state index contributed by atoms with van der Waals surface area (Å²) < 4.78 is 0. The zero-order chi connectivity index (χ0) is 9.97. The van der Waals surface area contributed by atoms with Gasteiger partial charge in [-0.3, -0.25) is 4.79 Å². The highest BCUT2D eigenvalue weighted by atomic mass is 32.1. The lowest BCUT2D eigenvalue weighted by Gasteiger charge is -2.18. The molecule has 14 heavy (non-hydrogen) atoms. The Bertz CT molecular complexity index is 326. The molecule has 1 heterocycles. The number of aldehydes is 1. The minimum atomic E-state index is 0.626. The number of rotatable bonds is 2. The van der Waals surface area contributed by atoms with Gasteiger partial charge in [-0.25, -0.2) is 4.98 Å². The molecule has 1 aromatic rings. The molecule has 2 nitrogen and oxygen atoms in total. The Morgan fingerprint density at radius 3 is 2.64 bits per heavy atom. The lowest BCUT2D eigenvalue weighted by molar-refractivity contribution is 0.112. The molecule has 0 radical (unpaired) electrons. The van der Waals surface area contributed by atoms with Gasteiger partial charge in [0.25, 0.3) is 0 Å². The largest absolute Gasteiger partial charge is 0.297 e. The van der Waals surface area contributed by atoms with Gasteiger partial charge < -0.3 is 0 Å². The minimum Gasteiger partial charge on any atom is -0.297 e. The smallest absolute Gasteiger partial charge is 0.161 e. The quantitative estimate of drug-likeness (QED) is 0.699. The first-order chi connectivity index (χ1) is 6.81. The second-order valence-electron chi connectivity index (χ2n) is 3.95. The maximum Gasteiger partial charge on any atom is 0.161 e. The number of hydrogen-bond acceptors (Lipinski definition) is 3. The molecule has 0 saturated heterocycles. The van der Waals surface area contributed by atoms with E-state index in [0.717, 1.165) is 16.9 Å². The number of carbonyl (C=O) groups excluding carboxylic acids is 1. The van der Waals surface area contributed by atoms with Gasteiger partial charge in [0.15, 0.2) is 6.29 Å². The number of nitrogens with zero attached hydrogens (tertiary/aromatic N) is 1. The molecule has 0 amide bonds. The van der Waals surface area contributed by atoms with Crippen LogP contribution in [0.3, 0.4) is 0 Å². The van der Waals surface area contributed by atoms with Crippen molar-refractivity contribution in [2.75, 3.05) is 0 Å². The predicted octanol–water partition coefficient (Wildman–Crippen LogP) is 3.31. The number of carbonyl (C=O) groups is 1. The summed E-state index contributed by atoms with van der Waals surface area (Å²) in [5.41, 5.74) is 0.908. The molecule has 0 bridgehead atoms. The summed E-state index contributed by atoms with van der Waals surface area (Å²) >= 11 is 1.59. The van der Waals surface area contributed by atoms with E-state index in [9.17, 15) is 4.79 Å². The van der Waals surface area contributed by atoms with E-state index in [1.807, 2.05) is 6.92 Å². The van der Waals surface area contributed by atoms with Gasteiger partial charge in [-0.15, -0.1) is 11.3 Å². The number of aromatic nitrogens is 1. The first-order valence-corrected chi connectivity index (χ1v) is 6.05. The fraction of sp³-hybridized carbons (Fsp3) is 0.636. The summed E-state index contributed by atoms with van der Waals surface area (Å²) in [6.45, 7) is 1.92. The molecule has 1 aromatic heterocycles. The molecule has 76 valence electrons. The second-order valence-corrected chi connectivity index (χ2v) is 5.02. The molecule has 0 N–H and O–H groups in total. The molecule has 1 aliphatic carbocycles. The summed E-state index contributed by atoms with van der Waals surface area (Å²) in [5, 5.41) is 1.18. The van der Waals surface area contributed by atoms with Gasteiger partial charge in [-0.2, -0.15) is 0 Å². The Kier molecular flexibility index (Phi) is 2.96. The minimum absolute atomic E-state index is 0.626. The zero-order valence-corrected chi connectivity index (χ0v) is 9.27. The second kappa shape index (κ2) is 4.22. The molecular formula is C11H15NOS. The van der Waals surface area contributed by atoms with Crippen LogP contribution in [0.25, 0.3) is 0 Å². The molecule has 1 aliphatic rings. The van der Waals surface area contributed by atoms with Crippen LogP contribution < -0.4 is 0 Å². The van der Waals surface area contributed by atoms with E-state index in [-0.39, 0.29) is 0 Å². The van der Waals surface area contributed by atoms with Crippen LogP contribution in [0.4, 0.5) is 0 Å². The monoisotopic (exact) mass is 209 g/mol. The fourth-order valence-electron chi connectivity index (χ4n) is 2.06. The van der Waals surface area contributed by atoms with Crippen molar-refractivity contribution < 1.29 is 4.79 Å². The van der Waals surface area contributed by atoms with E-state index in [1.165, 1.54) is 37.1 Å². The van der Waals surface area contributed by atoms with Gasteiger partial charge >= 0.3 is 0 Å². The van der Waals surface area contributed by atoms with Gasteiger partial charge in [0.1, 0.15) is 0 Å². The number of thiazole rings is 1. The number of aryl methyl sites for hydroxylation is 1. The summed E-state index contributed by atoms with van der Waals surface area (Å²) in [6.07, 6.45) is 7.44. The van der Waals surface area contributed by atoms with Crippen molar-refractivity contribution in [3.63, 3.8) is 0 Å². The van der Waals surface area contributed by atoms with E-state index in [0.29, 0.717) is 5.92 Å². The van der Waals surface area contributed by atoms with E-state index < -0.39 is 0 Å². The molecule has 0 aliphatic heterocycles. The lowest BCUT2D eigenvalue weighted by Crippen LogP contribution is -2.03. The average Bonchev–Trinajstić information content (AvgIpc) is 2.61. The highest BCUT2D eigenvalue weighted by Crippen LogP contribution is 2.35. The van der Waals surface area contributed by atoms with Crippen molar-refractivity contribution in [3.8, 4) is 0 Å². The van der Waals surface area contributed by atoms with E-state index in [1.54, 1.807) is 11.3 Å². The third-order valence-electron chi connectivity index (χ3n) is 2.91. The standard InChI is InChI=1S/C11H15NOS/c1-8-10(7-13)14-11(12-8)9-5-3-2-4-6-9/h7,9H,2-6H2,1H3. The van der Waals surface area contributed by atoms with Crippen LogP contribution in [0.5, 0.6) is 0 Å². The predicted molar refractivity (Wildman–Crippen MR) is 58.1 cm³/mol. The average molecular weight is 209 g/mol. The fourth-order valence-corrected chi connectivity index (χ4v) is 3.11. The van der Waals surface area contributed by atoms with Crippen LogP contribution in [0, 0.1) is 6.92 Å². The van der Waals surface area contributed by atoms with Crippen LogP contribution in [-0.4, -0.2) is 11.3 Å². The summed E-state index contributed by atoms with van der Waals surface area (Å²) in [4.78, 5) is 16.0. The Morgan fingerprint density at radius 1 is 1.36 bits per heavy atom. The third kappa shape index (κ3) is 1.87. The maximum atomic E-state index is 10.7. The molecular weight excluding hydrogens is 194 g/mol. The highest BCUT2D eigenvalue weighted by molar-refractivity contribution is 7.13. The van der Waals surface area contributed by atoms with Crippen molar-refractivity contribution >= 4 is 17.6 Å². The van der Waals surface area contributed by atoms with Crippen LogP contribution in [0.1, 0.15) is 58.4 Å². The molecule has 0 spiro atoms. The van der Waals surface area contributed by atoms with Gasteiger partial charge in [-0.1, -0.05) is 19.3 Å². The Balaban J connectivity index is 2.18. The van der Waals surface area contributed by atoms with Crippen molar-refractivity contribution in [1.82, 2.24) is 4.98 Å². The van der Waals surface area contributed by atoms with Crippen LogP contribution >= 0.6 is 11.3 Å². The van der Waals surface area contributed by atoms with Gasteiger partial charge in [-0.05, 0) is 19.8 Å². The molecule has 0 atom stereocenters. The summed E-state index contributed by atoms with van der Waals surface area (Å²) in [6, 6.07) is 0. The maximum absolute atomic E-state index is 10.7. The molecule has 3 heteroatoms. The van der Waals surface area contributed by atoms with E-state index >= 15 is 0 Å². The van der Waals surface area contributed by atoms with Gasteiger partial charge in [0, 0.05) is 5.92 Å². The van der Waals surface area contributed by atoms with Gasteiger partial charge in [0.2, 0.25) is 0 Å². The van der Waals surface area contributed by atoms with Crippen molar-refractivity contribution in [2.24, 2.45) is 0 Å². The SMILES string of the molecule is Cc1nc(C2CCCCC2)sc1C=O. The topological polar surface area (TPSA) is 30.0 Å². The lowest BCUT2D eigenvalue weighted by atomic mass is 9.90. The van der Waals surface area contributed by atoms with Crippen LogP contribution in [-0.2, 0) is 0 Å². The third-order valence-corrected chi connectivity index (χ3v) is 4.16. The Hall–Kier alpha value is -0.700. The normalized spacial score (nSPS) is 18.4. The van der Waals surface area contributed by atoms with Gasteiger partial charge in [0.05, 0.1) is 15.6 Å². The molecule has 2 rings (SSSR count). The van der Waals surface area contributed by atoms with Crippen LogP contribution in [0.15, 0.2) is 0 Å². The van der Waals surface area contributed by atoms with Crippen molar-refractivity contribution in [3.05, 3.63) is 15.6 Å². The Morgan fingerprint density at radius 2 is 2.07 bits per heavy atom. The highest BCUT2D eigenvalue weighted by Gasteiger charge is 2.19. The first kappa shape index (κ1) is 9.84. The first-order valence-electron chi connectivity index (χ1n) is 5.24. The summed E-state index contributed by atoms with van der Waals surface area (Å²) in [7, 11) is 0. The molecule has 0 aromatic carbocycles. The van der Waals surface area contributed by atoms with E-state index in [4.69, 9.17) is 0 Å². The Labute approximate surface area is 88.4 Å². The zero-order valence-electron chi connectivity index (χ0n) is 8.45. The van der Waals surface area contributed by atoms with E-state index in [2.05, 4.69) is 4.98 Å². The molecule has 1 saturated carbocycles. The molecule has 0 unspecified atom stereocenters. The van der Waals surface area contributed by atoms with Crippen molar-refractivity contribution in [2.45, 2.75) is 44.9 Å². The molecule has 1 fully saturated rings. The van der Waals surface area contributed by atoms with Crippen LogP contribution in [0.2, 0.25) is 0 Å². The van der Waals surface area contributed by atoms with Crippen molar-refractivity contribution in [1.29, 1.82) is 0 Å². The number of hydrogen-bond donors (Lipinski definition) is 0. The summed E-state index contributed by atoms with van der Waals surface area (Å²) in [5.74, 6) is 0.626.